The number of nitrogens with zero attached hydrogens (tertiary/aromatic N) is 1. The van der Waals surface area contributed by atoms with Crippen molar-refractivity contribution in [3.8, 4) is 23.3 Å². The molecule has 146 valence electrons. The zero-order chi connectivity index (χ0) is 20.6. The topological polar surface area (TPSA) is 51.5 Å². The molecule has 0 aliphatic heterocycles. The van der Waals surface area contributed by atoms with Gasteiger partial charge in [-0.3, -0.25) is 0 Å². The highest BCUT2D eigenvalue weighted by Crippen LogP contribution is 2.31. The van der Waals surface area contributed by atoms with Crippen LogP contribution in [0, 0.1) is 11.3 Å². The van der Waals surface area contributed by atoms with Gasteiger partial charge in [0.05, 0.1) is 25.9 Å². The van der Waals surface area contributed by atoms with Crippen molar-refractivity contribution < 1.29 is 14.2 Å². The van der Waals surface area contributed by atoms with Crippen molar-refractivity contribution >= 4 is 23.3 Å². The predicted molar refractivity (Wildman–Crippen MR) is 115 cm³/mol. The smallest absolute Gasteiger partial charge is 0.161 e. The molecule has 29 heavy (non-hydrogen) atoms. The number of hydrogen-bond acceptors (Lipinski definition) is 4. The van der Waals surface area contributed by atoms with E-state index in [1.165, 1.54) is 0 Å². The molecule has 0 saturated heterocycles. The summed E-state index contributed by atoms with van der Waals surface area (Å²) in [5, 5.41) is 10.3. The maximum absolute atomic E-state index is 9.59. The molecule has 0 aromatic heterocycles. The molecule has 0 bridgehead atoms. The number of halogens is 1. The number of methoxy groups -OCH3 is 2. The van der Waals surface area contributed by atoms with Crippen molar-refractivity contribution in [1.29, 1.82) is 5.26 Å². The molecule has 0 heterocycles. The summed E-state index contributed by atoms with van der Waals surface area (Å²) >= 11 is 5.89. The molecule has 0 atom stereocenters. The minimum Gasteiger partial charge on any atom is -0.493 e. The highest BCUT2D eigenvalue weighted by atomic mass is 35.5. The first-order valence-corrected chi connectivity index (χ1v) is 9.32. The Kier molecular flexibility index (Phi) is 6.78. The van der Waals surface area contributed by atoms with Gasteiger partial charge in [-0.2, -0.15) is 5.26 Å². The van der Waals surface area contributed by atoms with E-state index in [0.717, 1.165) is 22.4 Å². The predicted octanol–water partition coefficient (Wildman–Crippen LogP) is 6.00. The van der Waals surface area contributed by atoms with Crippen LogP contribution in [-0.4, -0.2) is 14.2 Å². The summed E-state index contributed by atoms with van der Waals surface area (Å²) in [6, 6.07) is 22.8. The van der Waals surface area contributed by atoms with Gasteiger partial charge in [-0.1, -0.05) is 35.9 Å². The molecule has 0 N–H and O–H groups in total. The van der Waals surface area contributed by atoms with Crippen LogP contribution >= 0.6 is 11.6 Å². The fourth-order valence-electron chi connectivity index (χ4n) is 2.76. The Morgan fingerprint density at radius 3 is 2.24 bits per heavy atom. The maximum atomic E-state index is 9.59. The molecular formula is C24H20ClNO3. The van der Waals surface area contributed by atoms with E-state index in [0.29, 0.717) is 28.7 Å². The Morgan fingerprint density at radius 1 is 0.931 bits per heavy atom. The Morgan fingerprint density at radius 2 is 1.62 bits per heavy atom. The molecule has 3 rings (SSSR count). The Bertz CT molecular complexity index is 1040. The normalized spacial score (nSPS) is 10.9. The van der Waals surface area contributed by atoms with Crippen molar-refractivity contribution in [3.63, 3.8) is 0 Å². The van der Waals surface area contributed by atoms with Crippen molar-refractivity contribution in [3.05, 3.63) is 88.4 Å². The minimum absolute atomic E-state index is 0.460. The van der Waals surface area contributed by atoms with Gasteiger partial charge in [0.25, 0.3) is 0 Å². The van der Waals surface area contributed by atoms with Crippen LogP contribution in [-0.2, 0) is 6.61 Å². The van der Waals surface area contributed by atoms with E-state index < -0.39 is 0 Å². The first-order valence-electron chi connectivity index (χ1n) is 8.94. The maximum Gasteiger partial charge on any atom is 0.161 e. The van der Waals surface area contributed by atoms with Gasteiger partial charge in [0.1, 0.15) is 12.4 Å². The summed E-state index contributed by atoms with van der Waals surface area (Å²) < 4.78 is 16.4. The van der Waals surface area contributed by atoms with E-state index in [4.69, 9.17) is 25.8 Å². The molecule has 3 aromatic rings. The molecule has 3 aromatic carbocycles. The fourth-order valence-corrected chi connectivity index (χ4v) is 2.88. The quantitative estimate of drug-likeness (QED) is 0.357. The van der Waals surface area contributed by atoms with E-state index in [9.17, 15) is 5.26 Å². The Balaban J connectivity index is 1.73. The van der Waals surface area contributed by atoms with Gasteiger partial charge in [-0.15, -0.1) is 0 Å². The van der Waals surface area contributed by atoms with Crippen LogP contribution < -0.4 is 14.2 Å². The standard InChI is InChI=1S/C24H20ClNO3/c1-27-23-12-7-19(14-24(23)28-2)20(15-26)13-17-5-10-22(11-6-17)29-16-18-3-8-21(25)9-4-18/h3-14H,16H2,1-2H3/b20-13+. The van der Waals surface area contributed by atoms with Gasteiger partial charge in [0.15, 0.2) is 11.5 Å². The molecule has 0 aliphatic rings. The Labute approximate surface area is 175 Å². The number of nitriles is 1. The van der Waals surface area contributed by atoms with Crippen molar-refractivity contribution in [2.24, 2.45) is 0 Å². The van der Waals surface area contributed by atoms with Gasteiger partial charge in [0.2, 0.25) is 0 Å². The van der Waals surface area contributed by atoms with Crippen LogP contribution in [0.2, 0.25) is 5.02 Å². The zero-order valence-corrected chi connectivity index (χ0v) is 16.9. The van der Waals surface area contributed by atoms with E-state index in [-0.39, 0.29) is 0 Å². The molecule has 0 amide bonds. The minimum atomic E-state index is 0.460. The highest BCUT2D eigenvalue weighted by molar-refractivity contribution is 6.30. The molecule has 0 aliphatic carbocycles. The van der Waals surface area contributed by atoms with Gasteiger partial charge in [0, 0.05) is 5.02 Å². The number of benzene rings is 3. The van der Waals surface area contributed by atoms with Gasteiger partial charge in [-0.05, 0) is 65.2 Å². The fraction of sp³-hybridized carbons (Fsp3) is 0.125. The van der Waals surface area contributed by atoms with E-state index in [1.807, 2.05) is 60.7 Å². The lowest BCUT2D eigenvalue weighted by Gasteiger charge is -2.09. The molecule has 0 saturated carbocycles. The summed E-state index contributed by atoms with van der Waals surface area (Å²) in [5.41, 5.74) is 3.22. The van der Waals surface area contributed by atoms with Crippen molar-refractivity contribution in [2.75, 3.05) is 14.2 Å². The first kappa shape index (κ1) is 20.3. The van der Waals surface area contributed by atoms with Crippen molar-refractivity contribution in [2.45, 2.75) is 6.61 Å². The number of allylic oxidation sites excluding steroid dienone is 1. The molecule has 0 fully saturated rings. The summed E-state index contributed by atoms with van der Waals surface area (Å²) in [4.78, 5) is 0. The third-order valence-corrected chi connectivity index (χ3v) is 4.58. The first-order chi connectivity index (χ1) is 14.1. The van der Waals surface area contributed by atoms with E-state index in [1.54, 1.807) is 26.4 Å². The number of rotatable bonds is 7. The number of hydrogen-bond donors (Lipinski definition) is 0. The molecule has 5 heteroatoms. The molecule has 4 nitrogen and oxygen atoms in total. The third-order valence-electron chi connectivity index (χ3n) is 4.32. The summed E-state index contributed by atoms with van der Waals surface area (Å²) in [7, 11) is 3.15. The van der Waals surface area contributed by atoms with E-state index >= 15 is 0 Å². The van der Waals surface area contributed by atoms with Gasteiger partial charge >= 0.3 is 0 Å². The lowest BCUT2D eigenvalue weighted by molar-refractivity contribution is 0.306. The Hall–Kier alpha value is -3.42. The third kappa shape index (κ3) is 5.31. The van der Waals surface area contributed by atoms with E-state index in [2.05, 4.69) is 6.07 Å². The SMILES string of the molecule is COc1ccc(/C(C#N)=C/c2ccc(OCc3ccc(Cl)cc3)cc2)cc1OC. The largest absolute Gasteiger partial charge is 0.493 e. The van der Waals surface area contributed by atoms with Crippen molar-refractivity contribution in [1.82, 2.24) is 0 Å². The van der Waals surface area contributed by atoms with Crippen LogP contribution in [0.25, 0.3) is 11.6 Å². The van der Waals surface area contributed by atoms with Crippen LogP contribution in [0.4, 0.5) is 0 Å². The van der Waals surface area contributed by atoms with Gasteiger partial charge < -0.3 is 14.2 Å². The lowest BCUT2D eigenvalue weighted by Crippen LogP contribution is -1.95. The molecule has 0 unspecified atom stereocenters. The second-order valence-electron chi connectivity index (χ2n) is 6.22. The average Bonchev–Trinajstić information content (AvgIpc) is 2.77. The second kappa shape index (κ2) is 9.68. The summed E-state index contributed by atoms with van der Waals surface area (Å²) in [5.74, 6) is 1.95. The monoisotopic (exact) mass is 405 g/mol. The molecular weight excluding hydrogens is 386 g/mol. The molecule has 0 spiro atoms. The second-order valence-corrected chi connectivity index (χ2v) is 6.66. The highest BCUT2D eigenvalue weighted by Gasteiger charge is 2.08. The van der Waals surface area contributed by atoms with Crippen LogP contribution in [0.3, 0.4) is 0 Å². The summed E-state index contributed by atoms with van der Waals surface area (Å²) in [6.45, 7) is 0.460. The van der Waals surface area contributed by atoms with Crippen LogP contribution in [0.1, 0.15) is 16.7 Å². The number of ether oxygens (including phenoxy) is 3. The lowest BCUT2D eigenvalue weighted by atomic mass is 10.0. The summed E-state index contributed by atoms with van der Waals surface area (Å²) in [6.07, 6.45) is 1.82. The molecule has 0 radical (unpaired) electrons. The van der Waals surface area contributed by atoms with Crippen LogP contribution in [0.5, 0.6) is 17.2 Å². The average molecular weight is 406 g/mol. The van der Waals surface area contributed by atoms with Crippen LogP contribution in [0.15, 0.2) is 66.7 Å². The van der Waals surface area contributed by atoms with Gasteiger partial charge in [-0.25, -0.2) is 0 Å². The zero-order valence-electron chi connectivity index (χ0n) is 16.2.